The van der Waals surface area contributed by atoms with Gasteiger partial charge in [-0.2, -0.15) is 4.98 Å². The maximum Gasteiger partial charge on any atom is 0.338 e. The number of anilines is 1. The van der Waals surface area contributed by atoms with Crippen molar-refractivity contribution in [2.24, 2.45) is 0 Å². The van der Waals surface area contributed by atoms with Gasteiger partial charge in [-0.3, -0.25) is 14.3 Å². The van der Waals surface area contributed by atoms with E-state index in [4.69, 9.17) is 4.74 Å². The zero-order valence-corrected chi connectivity index (χ0v) is 18.2. The summed E-state index contributed by atoms with van der Waals surface area (Å²) in [6.45, 7) is 5.76. The van der Waals surface area contributed by atoms with Crippen LogP contribution in [-0.2, 0) is 9.53 Å². The van der Waals surface area contributed by atoms with Gasteiger partial charge in [0.25, 0.3) is 5.56 Å². The topological polar surface area (TPSA) is 94.7 Å². The van der Waals surface area contributed by atoms with Crippen LogP contribution in [-0.4, -0.2) is 32.7 Å². The number of ether oxygens (including phenoxy) is 1. The quantitative estimate of drug-likeness (QED) is 0.469. The minimum absolute atomic E-state index is 0.241. The zero-order chi connectivity index (χ0) is 22.8. The molecule has 0 saturated heterocycles. The van der Waals surface area contributed by atoms with Gasteiger partial charge in [-0.1, -0.05) is 25.1 Å². The molecule has 2 heterocycles. The second kappa shape index (κ2) is 8.66. The molecule has 0 saturated carbocycles. The van der Waals surface area contributed by atoms with Gasteiger partial charge in [0.05, 0.1) is 17.7 Å². The molecule has 0 aliphatic heterocycles. The van der Waals surface area contributed by atoms with E-state index < -0.39 is 12.0 Å². The summed E-state index contributed by atoms with van der Waals surface area (Å²) >= 11 is 0. The molecule has 2 aromatic carbocycles. The van der Waals surface area contributed by atoms with E-state index in [2.05, 4.69) is 10.3 Å². The maximum atomic E-state index is 13.4. The second-order valence-electron chi connectivity index (χ2n) is 7.45. The number of para-hydroxylation sites is 1. The number of carbonyl (C=O) groups is 2. The molecule has 0 aliphatic carbocycles. The summed E-state index contributed by atoms with van der Waals surface area (Å²) in [6, 6.07) is 15.1. The summed E-state index contributed by atoms with van der Waals surface area (Å²) in [4.78, 5) is 41.7. The molecule has 0 radical (unpaired) electrons. The first-order valence-corrected chi connectivity index (χ1v) is 10.5. The monoisotopic (exact) mass is 432 g/mol. The highest BCUT2D eigenvalue weighted by atomic mass is 16.5. The molecule has 2 aromatic heterocycles. The van der Waals surface area contributed by atoms with Gasteiger partial charge in [0, 0.05) is 22.8 Å². The Hall–Kier alpha value is -3.94. The van der Waals surface area contributed by atoms with Crippen LogP contribution in [0.15, 0.2) is 59.4 Å². The molecule has 1 atom stereocenters. The van der Waals surface area contributed by atoms with E-state index in [0.29, 0.717) is 29.0 Å². The van der Waals surface area contributed by atoms with Crippen molar-refractivity contribution >= 4 is 34.1 Å². The van der Waals surface area contributed by atoms with Crippen LogP contribution in [0.3, 0.4) is 0 Å². The van der Waals surface area contributed by atoms with E-state index in [0.717, 1.165) is 10.9 Å². The highest BCUT2D eigenvalue weighted by molar-refractivity contribution is 5.98. The zero-order valence-electron chi connectivity index (χ0n) is 18.2. The first-order chi connectivity index (χ1) is 15.4. The predicted octanol–water partition coefficient (Wildman–Crippen LogP) is 3.72. The van der Waals surface area contributed by atoms with Crippen LogP contribution in [0.2, 0.25) is 0 Å². The van der Waals surface area contributed by atoms with Crippen molar-refractivity contribution in [3.05, 3.63) is 76.2 Å². The Morgan fingerprint density at radius 1 is 1.09 bits per heavy atom. The van der Waals surface area contributed by atoms with Gasteiger partial charge < -0.3 is 10.1 Å². The Morgan fingerprint density at radius 2 is 1.88 bits per heavy atom. The van der Waals surface area contributed by atoms with Gasteiger partial charge in [-0.05, 0) is 50.6 Å². The van der Waals surface area contributed by atoms with E-state index in [-0.39, 0.29) is 18.1 Å². The molecule has 8 nitrogen and oxygen atoms in total. The Bertz CT molecular complexity index is 1390. The third-order valence-corrected chi connectivity index (χ3v) is 5.32. The lowest BCUT2D eigenvalue weighted by molar-refractivity contribution is -0.119. The predicted molar refractivity (Wildman–Crippen MR) is 122 cm³/mol. The van der Waals surface area contributed by atoms with E-state index in [1.165, 1.54) is 6.07 Å². The summed E-state index contributed by atoms with van der Waals surface area (Å²) in [5.41, 5.74) is 2.55. The van der Waals surface area contributed by atoms with Gasteiger partial charge in [0.2, 0.25) is 5.91 Å². The molecule has 0 bridgehead atoms. The summed E-state index contributed by atoms with van der Waals surface area (Å²) in [5.74, 6) is -0.682. The highest BCUT2D eigenvalue weighted by Crippen LogP contribution is 2.27. The van der Waals surface area contributed by atoms with Gasteiger partial charge in [-0.15, -0.1) is 0 Å². The van der Waals surface area contributed by atoms with Crippen molar-refractivity contribution in [3.63, 3.8) is 0 Å². The number of fused-ring (bicyclic) bond motifs is 3. The molecule has 4 rings (SSSR count). The lowest BCUT2D eigenvalue weighted by Crippen LogP contribution is -2.29. The largest absolute Gasteiger partial charge is 0.462 e. The van der Waals surface area contributed by atoms with Crippen LogP contribution in [0.5, 0.6) is 0 Å². The summed E-state index contributed by atoms with van der Waals surface area (Å²) in [6.07, 6.45) is 0.503. The molecular weight excluding hydrogens is 408 g/mol. The van der Waals surface area contributed by atoms with Crippen LogP contribution in [0.4, 0.5) is 5.69 Å². The maximum absolute atomic E-state index is 13.4. The number of hydrogen-bond donors (Lipinski definition) is 1. The fourth-order valence-corrected chi connectivity index (χ4v) is 3.95. The van der Waals surface area contributed by atoms with Crippen molar-refractivity contribution in [2.75, 3.05) is 11.9 Å². The molecular formula is C24H24N4O4. The molecule has 164 valence electrons. The number of aryl methyl sites for hydroxylation is 1. The molecule has 1 amide bonds. The van der Waals surface area contributed by atoms with Crippen molar-refractivity contribution in [1.29, 1.82) is 0 Å². The Kier molecular flexibility index (Phi) is 5.77. The molecule has 8 heteroatoms. The fraction of sp³-hybridized carbons (Fsp3) is 0.250. The molecule has 0 aliphatic rings. The standard InChI is InChI=1S/C24H24N4O4/c1-4-19(23(30)25-17-10-8-9-16(14-17)24(31)32-5-2)28-20-12-7-6-11-18(20)22-26-21(29)13-15(3)27(22)28/h6-14,19H,4-5H2,1-3H3,(H,25,30). The van der Waals surface area contributed by atoms with Crippen molar-refractivity contribution in [2.45, 2.75) is 33.2 Å². The van der Waals surface area contributed by atoms with E-state index in [1.54, 1.807) is 31.2 Å². The Morgan fingerprint density at radius 3 is 2.62 bits per heavy atom. The van der Waals surface area contributed by atoms with Crippen LogP contribution < -0.4 is 10.9 Å². The van der Waals surface area contributed by atoms with Gasteiger partial charge >= 0.3 is 5.97 Å². The van der Waals surface area contributed by atoms with Gasteiger partial charge in [0.1, 0.15) is 6.04 Å². The number of carbonyl (C=O) groups excluding carboxylic acids is 2. The van der Waals surface area contributed by atoms with Crippen LogP contribution in [0.25, 0.3) is 16.6 Å². The average Bonchev–Trinajstić information content (AvgIpc) is 3.09. The average molecular weight is 432 g/mol. The summed E-state index contributed by atoms with van der Waals surface area (Å²) in [7, 11) is 0. The number of hydrogen-bond acceptors (Lipinski definition) is 5. The molecule has 1 N–H and O–H groups in total. The van der Waals surface area contributed by atoms with E-state index in [9.17, 15) is 14.4 Å². The normalized spacial score (nSPS) is 12.1. The summed E-state index contributed by atoms with van der Waals surface area (Å²) in [5, 5.41) is 3.71. The SMILES string of the molecule is CCOC(=O)c1cccc(NC(=O)C(CC)n2c3ccccc3c3nc(=O)cc(C)n32)c1. The molecule has 32 heavy (non-hydrogen) atoms. The van der Waals surface area contributed by atoms with Crippen LogP contribution >= 0.6 is 0 Å². The third kappa shape index (κ3) is 3.75. The number of rotatable bonds is 6. The summed E-state index contributed by atoms with van der Waals surface area (Å²) < 4.78 is 8.73. The molecule has 4 aromatic rings. The Balaban J connectivity index is 1.78. The number of aromatic nitrogens is 3. The number of nitrogens with one attached hydrogen (secondary N) is 1. The minimum Gasteiger partial charge on any atom is -0.462 e. The molecule has 0 fully saturated rings. The molecule has 0 spiro atoms. The van der Waals surface area contributed by atoms with Crippen LogP contribution in [0, 0.1) is 6.92 Å². The Labute approximate surface area is 184 Å². The van der Waals surface area contributed by atoms with Gasteiger partial charge in [0.15, 0.2) is 5.65 Å². The number of amides is 1. The van der Waals surface area contributed by atoms with E-state index in [1.807, 2.05) is 47.3 Å². The third-order valence-electron chi connectivity index (χ3n) is 5.32. The van der Waals surface area contributed by atoms with Crippen molar-refractivity contribution in [1.82, 2.24) is 14.2 Å². The van der Waals surface area contributed by atoms with Gasteiger partial charge in [-0.25, -0.2) is 9.31 Å². The highest BCUT2D eigenvalue weighted by Gasteiger charge is 2.25. The first kappa shape index (κ1) is 21.3. The van der Waals surface area contributed by atoms with Crippen molar-refractivity contribution < 1.29 is 14.3 Å². The smallest absolute Gasteiger partial charge is 0.338 e. The fourth-order valence-electron chi connectivity index (χ4n) is 3.95. The second-order valence-corrected chi connectivity index (χ2v) is 7.45. The number of esters is 1. The molecule has 1 unspecified atom stereocenters. The first-order valence-electron chi connectivity index (χ1n) is 10.5. The van der Waals surface area contributed by atoms with E-state index >= 15 is 0 Å². The number of benzene rings is 2. The minimum atomic E-state index is -0.577. The number of nitrogens with zero attached hydrogens (tertiary/aromatic N) is 3. The lowest BCUT2D eigenvalue weighted by Gasteiger charge is -2.20. The lowest BCUT2D eigenvalue weighted by atomic mass is 10.1. The van der Waals surface area contributed by atoms with Crippen molar-refractivity contribution in [3.8, 4) is 0 Å². The van der Waals surface area contributed by atoms with Crippen LogP contribution in [0.1, 0.15) is 42.4 Å².